The molecule has 1 saturated heterocycles. The number of barbiturate groups is 1. The number of rotatable bonds is 7. The molecule has 1 heterocycles. The van der Waals surface area contributed by atoms with Crippen LogP contribution in [0.3, 0.4) is 0 Å². The Bertz CT molecular complexity index is 1280. The smallest absolute Gasteiger partial charge is 0.343 e. The summed E-state index contributed by atoms with van der Waals surface area (Å²) in [5.41, 5.74) is 0.713. The van der Waals surface area contributed by atoms with Crippen LogP contribution in [0.25, 0.3) is 6.08 Å². The van der Waals surface area contributed by atoms with Gasteiger partial charge in [0.2, 0.25) is 0 Å². The summed E-state index contributed by atoms with van der Waals surface area (Å²) in [5.74, 6) is 0.0246. The number of nitrogens with zero attached hydrogens (tertiary/aromatic N) is 1. The molecule has 9 nitrogen and oxygen atoms in total. The van der Waals surface area contributed by atoms with Gasteiger partial charge in [-0.3, -0.25) is 19.8 Å². The van der Waals surface area contributed by atoms with E-state index in [1.807, 2.05) is 0 Å². The molecule has 0 unspecified atom stereocenters. The van der Waals surface area contributed by atoms with Gasteiger partial charge in [-0.2, -0.15) is 0 Å². The number of hydrogen-bond donors (Lipinski definition) is 1. The Morgan fingerprint density at radius 3 is 2.49 bits per heavy atom. The summed E-state index contributed by atoms with van der Waals surface area (Å²) in [4.78, 5) is 52.4. The van der Waals surface area contributed by atoms with E-state index in [1.54, 1.807) is 49.4 Å². The first-order valence-corrected chi connectivity index (χ1v) is 12.4. The minimum absolute atomic E-state index is 0.118. The van der Waals surface area contributed by atoms with Crippen LogP contribution in [0.15, 0.2) is 48.0 Å². The largest absolute Gasteiger partial charge is 0.497 e. The number of carbonyl (C=O) groups is 4. The predicted molar refractivity (Wildman–Crippen MR) is 133 cm³/mol. The molecule has 1 N–H and O–H groups in total. The summed E-state index contributed by atoms with van der Waals surface area (Å²) in [5, 5.41) is 2.32. The van der Waals surface area contributed by atoms with Crippen LogP contribution >= 0.6 is 0 Å². The Labute approximate surface area is 214 Å². The maximum atomic E-state index is 13.3. The van der Waals surface area contributed by atoms with Crippen LogP contribution < -0.4 is 19.5 Å². The molecule has 2 aromatic carbocycles. The number of nitrogens with one attached hydrogen (secondary N) is 1. The average molecular weight is 505 g/mol. The van der Waals surface area contributed by atoms with Crippen molar-refractivity contribution in [1.29, 1.82) is 0 Å². The molecule has 5 rings (SSSR count). The second-order valence-electron chi connectivity index (χ2n) is 9.49. The highest BCUT2D eigenvalue weighted by atomic mass is 16.6. The Kier molecular flexibility index (Phi) is 6.69. The first-order chi connectivity index (χ1) is 17.9. The van der Waals surface area contributed by atoms with E-state index in [0.717, 1.165) is 25.7 Å². The van der Waals surface area contributed by atoms with Crippen molar-refractivity contribution in [2.75, 3.05) is 13.7 Å². The summed E-state index contributed by atoms with van der Waals surface area (Å²) >= 11 is 0. The van der Waals surface area contributed by atoms with Crippen LogP contribution in [0, 0.1) is 11.8 Å². The Hall–Kier alpha value is -4.14. The van der Waals surface area contributed by atoms with Gasteiger partial charge in [-0.15, -0.1) is 0 Å². The zero-order valence-corrected chi connectivity index (χ0v) is 20.7. The summed E-state index contributed by atoms with van der Waals surface area (Å²) < 4.78 is 16.3. The van der Waals surface area contributed by atoms with Crippen molar-refractivity contribution in [1.82, 2.24) is 10.2 Å². The zero-order valence-electron chi connectivity index (χ0n) is 20.7. The van der Waals surface area contributed by atoms with Crippen molar-refractivity contribution in [2.45, 2.75) is 38.6 Å². The van der Waals surface area contributed by atoms with Crippen molar-refractivity contribution < 1.29 is 33.4 Å². The van der Waals surface area contributed by atoms with Gasteiger partial charge in [0.15, 0.2) is 11.5 Å². The molecule has 0 radical (unpaired) electrons. The third-order valence-corrected chi connectivity index (χ3v) is 7.27. The third-order valence-electron chi connectivity index (χ3n) is 7.27. The lowest BCUT2D eigenvalue weighted by atomic mass is 9.93. The summed E-state index contributed by atoms with van der Waals surface area (Å²) in [6.45, 7) is 2.09. The molecule has 2 aromatic rings. The lowest BCUT2D eigenvalue weighted by Crippen LogP contribution is -2.58. The molecule has 37 heavy (non-hydrogen) atoms. The van der Waals surface area contributed by atoms with Crippen molar-refractivity contribution in [3.8, 4) is 17.2 Å². The van der Waals surface area contributed by atoms with Crippen LogP contribution in [0.1, 0.15) is 48.5 Å². The van der Waals surface area contributed by atoms with Gasteiger partial charge in [0.05, 0.1) is 19.3 Å². The standard InChI is InChI=1S/C28H28N2O7/c1-3-36-24-15-17(5-11-23(24)37-27(33)18-7-9-20(35-2)10-8-18)13-21-25(31)29-28(34)30(26(21)32)22-14-16-4-6-19(22)12-16/h5,7-11,13,15-16,19,22H,3-4,6,12,14H2,1-2H3,(H,29,31,34)/b21-13+/t16-,19-,22-/m0/s1. The van der Waals surface area contributed by atoms with E-state index in [2.05, 4.69) is 5.32 Å². The third kappa shape index (κ3) is 4.81. The van der Waals surface area contributed by atoms with Gasteiger partial charge in [-0.25, -0.2) is 9.59 Å². The van der Waals surface area contributed by atoms with Crippen LogP contribution in [0.2, 0.25) is 0 Å². The minimum atomic E-state index is -0.734. The predicted octanol–water partition coefficient (Wildman–Crippen LogP) is 3.96. The van der Waals surface area contributed by atoms with Gasteiger partial charge in [-0.1, -0.05) is 12.5 Å². The van der Waals surface area contributed by atoms with E-state index < -0.39 is 23.8 Å². The maximum absolute atomic E-state index is 13.3. The van der Waals surface area contributed by atoms with E-state index in [9.17, 15) is 19.2 Å². The average Bonchev–Trinajstić information content (AvgIpc) is 3.52. The van der Waals surface area contributed by atoms with Crippen LogP contribution in [-0.4, -0.2) is 48.5 Å². The SMILES string of the molecule is CCOc1cc(/C=C2\C(=O)NC(=O)N([C@H]3C[C@H]4CC[C@H]3C4)C2=O)ccc1OC(=O)c1ccc(OC)cc1. The topological polar surface area (TPSA) is 111 Å². The highest BCUT2D eigenvalue weighted by Gasteiger charge is 2.49. The first kappa shape index (κ1) is 24.5. The van der Waals surface area contributed by atoms with Crippen LogP contribution in [-0.2, 0) is 9.59 Å². The Morgan fingerprint density at radius 1 is 1.05 bits per heavy atom. The molecule has 2 saturated carbocycles. The van der Waals surface area contributed by atoms with Gasteiger partial charge < -0.3 is 14.2 Å². The quantitative estimate of drug-likeness (QED) is 0.263. The number of fused-ring (bicyclic) bond motifs is 2. The molecule has 3 atom stereocenters. The van der Waals surface area contributed by atoms with E-state index in [4.69, 9.17) is 14.2 Å². The molecule has 3 fully saturated rings. The fourth-order valence-corrected chi connectivity index (χ4v) is 5.52. The number of esters is 1. The van der Waals surface area contributed by atoms with Crippen LogP contribution in [0.5, 0.6) is 17.2 Å². The number of benzene rings is 2. The fourth-order valence-electron chi connectivity index (χ4n) is 5.52. The molecule has 9 heteroatoms. The fraction of sp³-hybridized carbons (Fsp3) is 0.357. The molecule has 2 bridgehead atoms. The molecule has 3 aliphatic rings. The Balaban J connectivity index is 1.38. The van der Waals surface area contributed by atoms with E-state index in [0.29, 0.717) is 35.3 Å². The van der Waals surface area contributed by atoms with Gasteiger partial charge in [0.25, 0.3) is 11.8 Å². The van der Waals surface area contributed by atoms with Crippen molar-refractivity contribution in [3.05, 3.63) is 59.2 Å². The molecule has 192 valence electrons. The van der Waals surface area contributed by atoms with Gasteiger partial charge in [0, 0.05) is 6.04 Å². The zero-order chi connectivity index (χ0) is 26.1. The number of urea groups is 1. The highest BCUT2D eigenvalue weighted by molar-refractivity contribution is 6.31. The lowest BCUT2D eigenvalue weighted by Gasteiger charge is -2.35. The molecular weight excluding hydrogens is 476 g/mol. The number of carbonyl (C=O) groups excluding carboxylic acids is 4. The number of methoxy groups -OCH3 is 1. The molecule has 4 amide bonds. The number of amides is 4. The number of ether oxygens (including phenoxy) is 3. The summed E-state index contributed by atoms with van der Waals surface area (Å²) in [7, 11) is 1.54. The van der Waals surface area contributed by atoms with Gasteiger partial charge in [-0.05, 0) is 86.1 Å². The lowest BCUT2D eigenvalue weighted by molar-refractivity contribution is -0.132. The van der Waals surface area contributed by atoms with E-state index in [1.165, 1.54) is 18.1 Å². The molecule has 1 aliphatic heterocycles. The van der Waals surface area contributed by atoms with Crippen molar-refractivity contribution in [3.63, 3.8) is 0 Å². The first-order valence-electron chi connectivity index (χ1n) is 12.4. The van der Waals surface area contributed by atoms with Crippen LogP contribution in [0.4, 0.5) is 4.79 Å². The van der Waals surface area contributed by atoms with Gasteiger partial charge in [0.1, 0.15) is 11.3 Å². The number of imide groups is 2. The molecular formula is C28H28N2O7. The Morgan fingerprint density at radius 2 is 1.84 bits per heavy atom. The second kappa shape index (κ2) is 10.1. The maximum Gasteiger partial charge on any atom is 0.343 e. The summed E-state index contributed by atoms with van der Waals surface area (Å²) in [6.07, 6.45) is 5.36. The molecule has 0 aromatic heterocycles. The van der Waals surface area contributed by atoms with E-state index >= 15 is 0 Å². The van der Waals surface area contributed by atoms with E-state index in [-0.39, 0.29) is 23.1 Å². The summed E-state index contributed by atoms with van der Waals surface area (Å²) in [6, 6.07) is 10.4. The minimum Gasteiger partial charge on any atom is -0.497 e. The highest BCUT2D eigenvalue weighted by Crippen LogP contribution is 2.47. The molecule has 0 spiro atoms. The number of hydrogen-bond acceptors (Lipinski definition) is 7. The van der Waals surface area contributed by atoms with Gasteiger partial charge >= 0.3 is 12.0 Å². The molecule has 2 aliphatic carbocycles. The van der Waals surface area contributed by atoms with Crippen molar-refractivity contribution in [2.24, 2.45) is 11.8 Å². The monoisotopic (exact) mass is 504 g/mol. The normalized spacial score (nSPS) is 23.8. The second-order valence-corrected chi connectivity index (χ2v) is 9.49. The van der Waals surface area contributed by atoms with Crippen molar-refractivity contribution >= 4 is 29.9 Å².